The Kier molecular flexibility index (Phi) is 8.86. The highest BCUT2D eigenvalue weighted by atomic mass is 127. The zero-order chi connectivity index (χ0) is 9.52. The third kappa shape index (κ3) is 5.29. The topological polar surface area (TPSA) is 41.6 Å². The van der Waals surface area contributed by atoms with Gasteiger partial charge in [-0.05, 0) is 25.5 Å². The number of likely N-dealkylation sites (tertiary alicyclic amines) is 1. The second kappa shape index (κ2) is 8.64. The molecule has 1 fully saturated rings. The van der Waals surface area contributed by atoms with Crippen molar-refractivity contribution in [1.82, 2.24) is 4.90 Å². The molecule has 0 atom stereocenters. The van der Waals surface area contributed by atoms with Gasteiger partial charge in [0.05, 0.1) is 6.54 Å². The normalized spacial score (nSPS) is 17.8. The van der Waals surface area contributed by atoms with Crippen molar-refractivity contribution in [3.05, 3.63) is 0 Å². The molecule has 0 amide bonds. The molecule has 1 aliphatic rings. The molecule has 0 aromatic carbocycles. The molecule has 0 saturated carbocycles. The lowest BCUT2D eigenvalue weighted by Crippen LogP contribution is -2.41. The summed E-state index contributed by atoms with van der Waals surface area (Å²) in [7, 11) is 0. The van der Waals surface area contributed by atoms with E-state index in [2.05, 4.69) is 16.1 Å². The van der Waals surface area contributed by atoms with Gasteiger partial charge in [-0.1, -0.05) is 0 Å². The Balaban J connectivity index is 0.00000169. The summed E-state index contributed by atoms with van der Waals surface area (Å²) in [4.78, 5) is 6.54. The van der Waals surface area contributed by atoms with Crippen molar-refractivity contribution in [2.75, 3.05) is 31.6 Å². The maximum Gasteiger partial charge on any atom is 0.191 e. The first-order valence-electron chi connectivity index (χ1n) is 4.88. The smallest absolute Gasteiger partial charge is 0.191 e. The van der Waals surface area contributed by atoms with Gasteiger partial charge < -0.3 is 10.6 Å². The third-order valence-electron chi connectivity index (χ3n) is 2.25. The van der Waals surface area contributed by atoms with Gasteiger partial charge in [-0.2, -0.15) is 11.8 Å². The molecular formula is C9H20IN3S. The molecule has 1 aliphatic heterocycles. The van der Waals surface area contributed by atoms with E-state index in [-0.39, 0.29) is 24.0 Å². The second-order valence-corrected chi connectivity index (χ2v) is 4.27. The fraction of sp³-hybridized carbons (Fsp3) is 0.889. The minimum absolute atomic E-state index is 0. The van der Waals surface area contributed by atoms with Crippen LogP contribution in [-0.2, 0) is 0 Å². The Bertz CT molecular complexity index is 169. The third-order valence-corrected chi connectivity index (χ3v) is 2.84. The fourth-order valence-corrected chi connectivity index (χ4v) is 1.75. The van der Waals surface area contributed by atoms with Gasteiger partial charge >= 0.3 is 0 Å². The summed E-state index contributed by atoms with van der Waals surface area (Å²) >= 11 is 1.81. The number of hydrogen-bond donors (Lipinski definition) is 1. The fourth-order valence-electron chi connectivity index (χ4n) is 1.47. The van der Waals surface area contributed by atoms with Crippen LogP contribution in [0.3, 0.4) is 0 Å². The molecule has 1 rings (SSSR count). The van der Waals surface area contributed by atoms with Crippen LogP contribution in [-0.4, -0.2) is 42.5 Å². The standard InChI is InChI=1S/C9H19N3S.HI/c1-13-8-5-11-9(10)12-6-3-2-4-7-12;/h2-8H2,1H3,(H2,10,11);1H. The SMILES string of the molecule is CSCCN=C(N)N1CCCCC1.I. The van der Waals surface area contributed by atoms with Crippen LogP contribution in [0.25, 0.3) is 0 Å². The van der Waals surface area contributed by atoms with Crippen molar-refractivity contribution in [3.63, 3.8) is 0 Å². The van der Waals surface area contributed by atoms with Crippen LogP contribution in [0.2, 0.25) is 0 Å². The van der Waals surface area contributed by atoms with Crippen LogP contribution < -0.4 is 5.73 Å². The van der Waals surface area contributed by atoms with Crippen molar-refractivity contribution in [3.8, 4) is 0 Å². The van der Waals surface area contributed by atoms with E-state index in [1.54, 1.807) is 0 Å². The Labute approximate surface area is 108 Å². The molecule has 0 aromatic heterocycles. The Morgan fingerprint density at radius 1 is 1.36 bits per heavy atom. The number of halogens is 1. The number of rotatable bonds is 3. The van der Waals surface area contributed by atoms with E-state index in [4.69, 9.17) is 5.73 Å². The second-order valence-electron chi connectivity index (χ2n) is 3.28. The summed E-state index contributed by atoms with van der Waals surface area (Å²) in [5.41, 5.74) is 5.86. The van der Waals surface area contributed by atoms with E-state index in [9.17, 15) is 0 Å². The Morgan fingerprint density at radius 3 is 2.57 bits per heavy atom. The van der Waals surface area contributed by atoms with E-state index in [0.717, 1.165) is 31.3 Å². The monoisotopic (exact) mass is 329 g/mol. The van der Waals surface area contributed by atoms with E-state index >= 15 is 0 Å². The largest absolute Gasteiger partial charge is 0.370 e. The lowest BCUT2D eigenvalue weighted by molar-refractivity contribution is 0.338. The molecule has 3 nitrogen and oxygen atoms in total. The maximum absolute atomic E-state index is 5.86. The van der Waals surface area contributed by atoms with Gasteiger partial charge in [-0.3, -0.25) is 4.99 Å². The molecule has 84 valence electrons. The molecule has 5 heteroatoms. The Hall–Kier alpha value is 0.350. The summed E-state index contributed by atoms with van der Waals surface area (Å²) < 4.78 is 0. The molecule has 0 bridgehead atoms. The van der Waals surface area contributed by atoms with Gasteiger partial charge in [0.1, 0.15) is 0 Å². The lowest BCUT2D eigenvalue weighted by atomic mass is 10.1. The van der Waals surface area contributed by atoms with Gasteiger partial charge in [0.15, 0.2) is 5.96 Å². The van der Waals surface area contributed by atoms with Gasteiger partial charge in [0.25, 0.3) is 0 Å². The first kappa shape index (κ1) is 14.3. The average Bonchev–Trinajstić information content (AvgIpc) is 2.19. The van der Waals surface area contributed by atoms with E-state index < -0.39 is 0 Å². The predicted octanol–water partition coefficient (Wildman–Crippen LogP) is 1.77. The molecular weight excluding hydrogens is 309 g/mol. The molecule has 0 aromatic rings. The summed E-state index contributed by atoms with van der Waals surface area (Å²) in [5.74, 6) is 1.81. The zero-order valence-corrected chi connectivity index (χ0v) is 11.9. The number of aliphatic imine (C=N–C) groups is 1. The minimum atomic E-state index is 0. The number of thioether (sulfide) groups is 1. The first-order valence-corrected chi connectivity index (χ1v) is 6.28. The number of nitrogens with zero attached hydrogens (tertiary/aromatic N) is 2. The average molecular weight is 329 g/mol. The van der Waals surface area contributed by atoms with Crippen molar-refractivity contribution in [2.45, 2.75) is 19.3 Å². The molecule has 0 aliphatic carbocycles. The highest BCUT2D eigenvalue weighted by molar-refractivity contribution is 14.0. The highest BCUT2D eigenvalue weighted by Crippen LogP contribution is 2.07. The predicted molar refractivity (Wildman–Crippen MR) is 75.7 cm³/mol. The van der Waals surface area contributed by atoms with E-state index in [1.165, 1.54) is 19.3 Å². The van der Waals surface area contributed by atoms with E-state index in [0.29, 0.717) is 0 Å². The van der Waals surface area contributed by atoms with Gasteiger partial charge in [-0.15, -0.1) is 24.0 Å². The van der Waals surface area contributed by atoms with Crippen molar-refractivity contribution >= 4 is 41.7 Å². The molecule has 1 heterocycles. The maximum atomic E-state index is 5.86. The molecule has 0 radical (unpaired) electrons. The van der Waals surface area contributed by atoms with Crippen molar-refractivity contribution in [2.24, 2.45) is 10.7 Å². The van der Waals surface area contributed by atoms with Gasteiger partial charge in [-0.25, -0.2) is 0 Å². The minimum Gasteiger partial charge on any atom is -0.370 e. The summed E-state index contributed by atoms with van der Waals surface area (Å²) in [6.45, 7) is 3.03. The van der Waals surface area contributed by atoms with Crippen molar-refractivity contribution in [1.29, 1.82) is 0 Å². The summed E-state index contributed by atoms with van der Waals surface area (Å²) in [5, 5.41) is 0. The van der Waals surface area contributed by atoms with Crippen molar-refractivity contribution < 1.29 is 0 Å². The number of nitrogens with two attached hydrogens (primary N) is 1. The summed E-state index contributed by atoms with van der Waals surface area (Å²) in [6.07, 6.45) is 5.96. The van der Waals surface area contributed by atoms with Crippen LogP contribution in [0.4, 0.5) is 0 Å². The quantitative estimate of drug-likeness (QED) is 0.371. The number of hydrogen-bond acceptors (Lipinski definition) is 2. The Morgan fingerprint density at radius 2 is 2.00 bits per heavy atom. The molecule has 0 spiro atoms. The molecule has 14 heavy (non-hydrogen) atoms. The highest BCUT2D eigenvalue weighted by Gasteiger charge is 2.10. The number of piperidine rings is 1. The molecule has 0 unspecified atom stereocenters. The molecule has 1 saturated heterocycles. The first-order chi connectivity index (χ1) is 6.34. The van der Waals surface area contributed by atoms with Crippen LogP contribution in [0, 0.1) is 0 Å². The van der Waals surface area contributed by atoms with Crippen LogP contribution in [0.15, 0.2) is 4.99 Å². The van der Waals surface area contributed by atoms with Crippen LogP contribution in [0.1, 0.15) is 19.3 Å². The lowest BCUT2D eigenvalue weighted by Gasteiger charge is -2.27. The zero-order valence-electron chi connectivity index (χ0n) is 8.74. The molecule has 2 N–H and O–H groups in total. The van der Waals surface area contributed by atoms with E-state index in [1.807, 2.05) is 11.8 Å². The number of guanidine groups is 1. The van der Waals surface area contributed by atoms with Crippen LogP contribution >= 0.6 is 35.7 Å². The summed E-state index contributed by atoms with van der Waals surface area (Å²) in [6, 6.07) is 0. The van der Waals surface area contributed by atoms with Gasteiger partial charge in [0, 0.05) is 18.8 Å². The van der Waals surface area contributed by atoms with Gasteiger partial charge in [0.2, 0.25) is 0 Å². The van der Waals surface area contributed by atoms with Crippen LogP contribution in [0.5, 0.6) is 0 Å².